The van der Waals surface area contributed by atoms with Crippen LogP contribution in [0.2, 0.25) is 5.02 Å². The molecule has 10 heteroatoms. The summed E-state index contributed by atoms with van der Waals surface area (Å²) in [6, 6.07) is 9.29. The van der Waals surface area contributed by atoms with Gasteiger partial charge < -0.3 is 14.2 Å². The minimum Gasteiger partial charge on any atom is -0.444 e. The Balaban J connectivity index is 1.44. The number of hydrogen-bond donors (Lipinski definition) is 0. The number of fused-ring (bicyclic) bond motifs is 2. The first-order chi connectivity index (χ1) is 18.4. The Morgan fingerprint density at radius 2 is 1.72 bits per heavy atom. The fraction of sp³-hybridized carbons (Fsp3) is 0.379. The van der Waals surface area contributed by atoms with Crippen molar-refractivity contribution in [2.45, 2.75) is 59.2 Å². The zero-order chi connectivity index (χ0) is 27.8. The third-order valence-corrected chi connectivity index (χ3v) is 7.68. The number of anilines is 1. The molecular weight excluding hydrogens is 516 g/mol. The van der Waals surface area contributed by atoms with Crippen molar-refractivity contribution in [1.29, 1.82) is 0 Å². The Hall–Kier alpha value is -3.85. The number of likely N-dealkylation sites (tertiary alicyclic amines) is 1. The number of amides is 2. The second kappa shape index (κ2) is 8.84. The van der Waals surface area contributed by atoms with E-state index >= 15 is 0 Å². The minimum absolute atomic E-state index is 0.0341. The first-order valence-corrected chi connectivity index (χ1v) is 13.4. The van der Waals surface area contributed by atoms with Crippen LogP contribution in [0.15, 0.2) is 42.7 Å². The van der Waals surface area contributed by atoms with Gasteiger partial charge in [0, 0.05) is 30.5 Å². The molecule has 0 N–H and O–H groups in total. The number of aromatic nitrogens is 4. The summed E-state index contributed by atoms with van der Waals surface area (Å²) in [5.41, 5.74) is 5.38. The zero-order valence-corrected chi connectivity index (χ0v) is 23.7. The molecule has 6 rings (SSSR count). The summed E-state index contributed by atoms with van der Waals surface area (Å²) in [4.78, 5) is 30.3. The van der Waals surface area contributed by atoms with Crippen molar-refractivity contribution in [2.75, 3.05) is 18.0 Å². The van der Waals surface area contributed by atoms with E-state index in [9.17, 15) is 9.59 Å². The topological polar surface area (TPSA) is 85.0 Å². The lowest BCUT2D eigenvalue weighted by atomic mass is 10.0. The van der Waals surface area contributed by atoms with Gasteiger partial charge in [-0.3, -0.25) is 14.1 Å². The number of halogens is 1. The molecule has 2 aliphatic heterocycles. The molecule has 9 nitrogen and oxygen atoms in total. The van der Waals surface area contributed by atoms with Gasteiger partial charge in [-0.1, -0.05) is 23.7 Å². The van der Waals surface area contributed by atoms with Crippen LogP contribution in [0.5, 0.6) is 0 Å². The van der Waals surface area contributed by atoms with Crippen molar-refractivity contribution >= 4 is 34.9 Å². The predicted octanol–water partition coefficient (Wildman–Crippen LogP) is 5.65. The van der Waals surface area contributed by atoms with E-state index < -0.39 is 5.60 Å². The van der Waals surface area contributed by atoms with E-state index in [4.69, 9.17) is 16.3 Å². The summed E-state index contributed by atoms with van der Waals surface area (Å²) in [6.45, 7) is 12.5. The quantitative estimate of drug-likeness (QED) is 0.331. The molecule has 2 amide bonds. The number of hydrogen-bond acceptors (Lipinski definition) is 5. The zero-order valence-electron chi connectivity index (χ0n) is 22.9. The lowest BCUT2D eigenvalue weighted by Gasteiger charge is -2.41. The molecule has 1 fully saturated rings. The molecule has 0 aliphatic carbocycles. The van der Waals surface area contributed by atoms with Gasteiger partial charge in [-0.05, 0) is 76.4 Å². The first-order valence-electron chi connectivity index (χ1n) is 13.0. The molecule has 4 aromatic rings. The summed E-state index contributed by atoms with van der Waals surface area (Å²) in [5, 5.41) is 9.13. The number of carbonyl (C=O) groups is 2. The number of ether oxygens (including phenoxy) is 1. The molecule has 1 aromatic carbocycles. The SMILES string of the molecule is Cc1cn(C2CN(C(=O)OC(C)(C)C)C2)c2c1C(=O)N(c1cc(C)c3nnc(C)n3c1)C2c1ccc(Cl)cc1. The highest BCUT2D eigenvalue weighted by atomic mass is 35.5. The molecule has 0 bridgehead atoms. The van der Waals surface area contributed by atoms with Crippen LogP contribution in [0.1, 0.15) is 71.4 Å². The number of carbonyl (C=O) groups excluding carboxylic acids is 2. The fourth-order valence-corrected chi connectivity index (χ4v) is 5.72. The Labute approximate surface area is 231 Å². The normalized spacial score (nSPS) is 17.6. The number of benzene rings is 1. The van der Waals surface area contributed by atoms with Gasteiger partial charge in [-0.2, -0.15) is 0 Å². The standard InChI is InChI=1S/C29H31ClN6O3/c1-16-11-21(15-34-18(3)31-32-26(16)34)36-24(19-7-9-20(30)10-8-19)25-23(27(36)37)17(2)12-35(25)22-13-33(14-22)28(38)39-29(4,5)6/h7-12,15,22,24H,13-14H2,1-6H3. The molecule has 202 valence electrons. The molecule has 0 saturated carbocycles. The van der Waals surface area contributed by atoms with Crippen LogP contribution >= 0.6 is 11.6 Å². The number of aryl methyl sites for hydroxylation is 3. The largest absolute Gasteiger partial charge is 0.444 e. The maximum atomic E-state index is 14.2. The van der Waals surface area contributed by atoms with Gasteiger partial charge >= 0.3 is 6.09 Å². The van der Waals surface area contributed by atoms with E-state index in [0.717, 1.165) is 39.5 Å². The second-order valence-corrected chi connectivity index (χ2v) is 11.9. The van der Waals surface area contributed by atoms with Gasteiger partial charge in [-0.15, -0.1) is 10.2 Å². The number of rotatable bonds is 3. The van der Waals surface area contributed by atoms with Crippen LogP contribution in [0.25, 0.3) is 5.65 Å². The van der Waals surface area contributed by atoms with Crippen molar-refractivity contribution < 1.29 is 14.3 Å². The molecular formula is C29H31ClN6O3. The van der Waals surface area contributed by atoms with E-state index in [2.05, 4.69) is 14.8 Å². The molecule has 5 heterocycles. The molecule has 0 spiro atoms. The summed E-state index contributed by atoms with van der Waals surface area (Å²) < 4.78 is 9.66. The van der Waals surface area contributed by atoms with Crippen LogP contribution in [0, 0.1) is 20.8 Å². The molecule has 2 aliphatic rings. The monoisotopic (exact) mass is 546 g/mol. The average molecular weight is 547 g/mol. The average Bonchev–Trinajstić information content (AvgIpc) is 3.45. The number of pyridine rings is 1. The smallest absolute Gasteiger partial charge is 0.410 e. The van der Waals surface area contributed by atoms with Crippen molar-refractivity contribution in [3.63, 3.8) is 0 Å². The molecule has 1 saturated heterocycles. The van der Waals surface area contributed by atoms with Crippen molar-refractivity contribution in [1.82, 2.24) is 24.1 Å². The summed E-state index contributed by atoms with van der Waals surface area (Å²) in [6.07, 6.45) is 3.65. The van der Waals surface area contributed by atoms with Crippen molar-refractivity contribution in [2.24, 2.45) is 0 Å². The van der Waals surface area contributed by atoms with Gasteiger partial charge in [0.05, 0.1) is 23.0 Å². The minimum atomic E-state index is -0.553. The van der Waals surface area contributed by atoms with Crippen LogP contribution in [0.3, 0.4) is 0 Å². The predicted molar refractivity (Wildman–Crippen MR) is 149 cm³/mol. The third-order valence-electron chi connectivity index (χ3n) is 7.43. The summed E-state index contributed by atoms with van der Waals surface area (Å²) >= 11 is 6.25. The maximum Gasteiger partial charge on any atom is 0.410 e. The van der Waals surface area contributed by atoms with Crippen LogP contribution < -0.4 is 4.90 Å². The molecule has 1 unspecified atom stereocenters. The van der Waals surface area contributed by atoms with Crippen LogP contribution in [-0.2, 0) is 4.74 Å². The van der Waals surface area contributed by atoms with E-state index in [-0.39, 0.29) is 24.1 Å². The fourth-order valence-electron chi connectivity index (χ4n) is 5.60. The van der Waals surface area contributed by atoms with E-state index in [1.165, 1.54) is 0 Å². The van der Waals surface area contributed by atoms with Gasteiger partial charge in [0.15, 0.2) is 5.65 Å². The Kier molecular flexibility index (Phi) is 5.77. The molecule has 0 radical (unpaired) electrons. The number of nitrogens with zero attached hydrogens (tertiary/aromatic N) is 6. The van der Waals surface area contributed by atoms with Gasteiger partial charge in [0.1, 0.15) is 17.5 Å². The highest BCUT2D eigenvalue weighted by Gasteiger charge is 2.46. The lowest BCUT2D eigenvalue weighted by molar-refractivity contribution is 0.000773. The summed E-state index contributed by atoms with van der Waals surface area (Å²) in [5.74, 6) is 0.688. The van der Waals surface area contributed by atoms with Crippen LogP contribution in [0.4, 0.5) is 10.5 Å². The third kappa shape index (κ3) is 4.16. The molecule has 39 heavy (non-hydrogen) atoms. The Morgan fingerprint density at radius 1 is 1.03 bits per heavy atom. The van der Waals surface area contributed by atoms with Crippen molar-refractivity contribution in [3.05, 3.63) is 81.5 Å². The molecule has 3 aromatic heterocycles. The van der Waals surface area contributed by atoms with Gasteiger partial charge in [-0.25, -0.2) is 4.79 Å². The Bertz CT molecular complexity index is 1630. The maximum absolute atomic E-state index is 14.2. The van der Waals surface area contributed by atoms with Crippen molar-refractivity contribution in [3.8, 4) is 0 Å². The second-order valence-electron chi connectivity index (χ2n) is 11.5. The highest BCUT2D eigenvalue weighted by Crippen LogP contribution is 2.46. The van der Waals surface area contributed by atoms with E-state index in [0.29, 0.717) is 23.7 Å². The highest BCUT2D eigenvalue weighted by molar-refractivity contribution is 6.30. The van der Waals surface area contributed by atoms with Gasteiger partial charge in [0.25, 0.3) is 5.91 Å². The lowest BCUT2D eigenvalue weighted by Crippen LogP contribution is -2.52. The van der Waals surface area contributed by atoms with E-state index in [1.54, 1.807) is 4.90 Å². The van der Waals surface area contributed by atoms with Crippen LogP contribution in [-0.4, -0.2) is 54.8 Å². The Morgan fingerprint density at radius 3 is 2.38 bits per heavy atom. The summed E-state index contributed by atoms with van der Waals surface area (Å²) in [7, 11) is 0. The van der Waals surface area contributed by atoms with E-state index in [1.807, 2.05) is 93.6 Å². The first kappa shape index (κ1) is 25.4. The molecule has 1 atom stereocenters. The van der Waals surface area contributed by atoms with Gasteiger partial charge in [0.2, 0.25) is 0 Å².